The lowest BCUT2D eigenvalue weighted by atomic mass is 9.87. The van der Waals surface area contributed by atoms with Crippen molar-refractivity contribution < 1.29 is 33.2 Å². The Bertz CT molecular complexity index is 2210. The Hall–Kier alpha value is -4.60. The number of aromatic nitrogens is 2. The lowest BCUT2D eigenvalue weighted by Crippen LogP contribution is -2.49. The van der Waals surface area contributed by atoms with Crippen molar-refractivity contribution in [3.8, 4) is 0 Å². The Morgan fingerprint density at radius 1 is 0.912 bits per heavy atom. The fourth-order valence-corrected chi connectivity index (χ4v) is 8.32. The first kappa shape index (κ1) is 42.0. The molecule has 8 rings (SSSR count). The highest BCUT2D eigenvalue weighted by Gasteiger charge is 2.35. The number of nitrogens with zero attached hydrogens (tertiary/aromatic N) is 4. The minimum atomic E-state index is -0.840. The van der Waals surface area contributed by atoms with Gasteiger partial charge >= 0.3 is 12.1 Å². The number of H-pyrrole nitrogens is 1. The predicted octanol–water partition coefficient (Wildman–Crippen LogP) is 8.42. The summed E-state index contributed by atoms with van der Waals surface area (Å²) < 4.78 is 17.1. The van der Waals surface area contributed by atoms with Crippen LogP contribution in [0.1, 0.15) is 92.1 Å². The van der Waals surface area contributed by atoms with E-state index in [0.29, 0.717) is 66.3 Å². The van der Waals surface area contributed by atoms with E-state index in [-0.39, 0.29) is 47.8 Å². The number of ether oxygens (including phenoxy) is 1. The highest BCUT2D eigenvalue weighted by Crippen LogP contribution is 2.40. The number of carbonyl (C=O) groups excluding carboxylic acids is 2. The van der Waals surface area contributed by atoms with Crippen LogP contribution in [0.4, 0.5) is 21.1 Å². The van der Waals surface area contributed by atoms with Crippen molar-refractivity contribution in [1.29, 1.82) is 0 Å². The van der Waals surface area contributed by atoms with Crippen LogP contribution < -0.4 is 10.6 Å². The van der Waals surface area contributed by atoms with E-state index in [2.05, 4.69) is 42.7 Å². The molecule has 3 saturated heterocycles. The van der Waals surface area contributed by atoms with E-state index in [0.717, 1.165) is 69.2 Å². The second kappa shape index (κ2) is 17.5. The Kier molecular flexibility index (Phi) is 12.9. The molecule has 3 aliphatic rings. The minimum Gasteiger partial charge on any atom is -0.465 e. The van der Waals surface area contributed by atoms with Crippen LogP contribution in [-0.2, 0) is 16.7 Å². The average molecular weight is 825 g/mol. The van der Waals surface area contributed by atoms with Crippen LogP contribution in [0.5, 0.6) is 0 Å². The molecule has 3 fully saturated rings. The van der Waals surface area contributed by atoms with Gasteiger partial charge < -0.3 is 34.0 Å². The van der Waals surface area contributed by atoms with E-state index in [1.54, 1.807) is 30.3 Å². The molecule has 3 aromatic heterocycles. The molecule has 3 amide bonds. The van der Waals surface area contributed by atoms with E-state index in [1.165, 1.54) is 16.0 Å². The molecular formula is C41H51Cl2N7O7. The number of benzene rings is 2. The molecule has 16 heteroatoms. The normalized spacial score (nSPS) is 18.6. The van der Waals surface area contributed by atoms with Crippen molar-refractivity contribution in [1.82, 2.24) is 24.8 Å². The van der Waals surface area contributed by atoms with Gasteiger partial charge in [0.1, 0.15) is 11.3 Å². The van der Waals surface area contributed by atoms with Crippen LogP contribution in [0.15, 0.2) is 57.5 Å². The van der Waals surface area contributed by atoms with Gasteiger partial charge in [-0.3, -0.25) is 19.9 Å². The van der Waals surface area contributed by atoms with Crippen LogP contribution in [0.2, 0.25) is 0 Å². The van der Waals surface area contributed by atoms with Crippen molar-refractivity contribution in [3.63, 3.8) is 0 Å². The fourth-order valence-electron chi connectivity index (χ4n) is 8.32. The number of aromatic amines is 1. The average Bonchev–Trinajstić information content (AvgIpc) is 3.94. The summed E-state index contributed by atoms with van der Waals surface area (Å²) in [7, 11) is 0. The summed E-state index contributed by atoms with van der Waals surface area (Å²) in [5.41, 5.74) is 4.64. The number of rotatable bonds is 8. The molecule has 0 saturated carbocycles. The van der Waals surface area contributed by atoms with Crippen LogP contribution in [0.25, 0.3) is 21.9 Å². The van der Waals surface area contributed by atoms with E-state index in [9.17, 15) is 19.5 Å². The number of carbonyl (C=O) groups is 3. The number of urea groups is 1. The lowest BCUT2D eigenvalue weighted by molar-refractivity contribution is 0.0328. The summed E-state index contributed by atoms with van der Waals surface area (Å²) >= 11 is 0. The first-order valence-electron chi connectivity index (χ1n) is 19.3. The maximum absolute atomic E-state index is 14.0. The Labute approximate surface area is 343 Å². The molecule has 5 aromatic rings. The monoisotopic (exact) mass is 823 g/mol. The van der Waals surface area contributed by atoms with E-state index < -0.39 is 12.1 Å². The summed E-state index contributed by atoms with van der Waals surface area (Å²) in [5.74, 6) is 0.907. The van der Waals surface area contributed by atoms with Crippen LogP contribution >= 0.6 is 24.8 Å². The Balaban J connectivity index is 0.00000275. The minimum absolute atomic E-state index is 0. The van der Waals surface area contributed by atoms with Crippen LogP contribution in [0.3, 0.4) is 0 Å². The predicted molar refractivity (Wildman–Crippen MR) is 222 cm³/mol. The first-order valence-corrected chi connectivity index (χ1v) is 19.3. The standard InChI is InChI=1S/C41H49N7O7.2ClH/c1-41(2,3)36-23-37(45-55-36)44-39(50)42-26-7-10-34-25(20-26)21-35(54-34)38(49)32-22-29-30(24-46-16-18-53-19-17-46)28(8-9-31(29)43-32)33-6-4-5-13-48(33)27-11-14-47(15-12-27)40(51)52;;/h7-10,20-23,27,33,43H,4-6,11-19,24H2,1-3H3,(H,51,52)(H2,42,44,45,50);2*1H. The number of hydrogen-bond acceptors (Lipinski definition) is 9. The molecule has 0 spiro atoms. The summed E-state index contributed by atoms with van der Waals surface area (Å²) in [4.78, 5) is 48.4. The highest BCUT2D eigenvalue weighted by molar-refractivity contribution is 6.10. The van der Waals surface area contributed by atoms with Gasteiger partial charge in [-0.25, -0.2) is 9.59 Å². The zero-order valence-corrected chi connectivity index (χ0v) is 34.1. The zero-order valence-electron chi connectivity index (χ0n) is 32.5. The van der Waals surface area contributed by atoms with Gasteiger partial charge in [-0.05, 0) is 79.8 Å². The van der Waals surface area contributed by atoms with Crippen LogP contribution in [0, 0.1) is 0 Å². The molecule has 14 nitrogen and oxygen atoms in total. The number of amides is 3. The van der Waals surface area contributed by atoms with Crippen molar-refractivity contribution in [3.05, 3.63) is 76.9 Å². The van der Waals surface area contributed by atoms with Crippen molar-refractivity contribution >= 4 is 76.1 Å². The lowest BCUT2D eigenvalue weighted by Gasteiger charge is -2.45. The number of ketones is 1. The van der Waals surface area contributed by atoms with Gasteiger partial charge in [0, 0.05) is 78.3 Å². The molecule has 0 radical (unpaired) electrons. The van der Waals surface area contributed by atoms with Crippen LogP contribution in [-0.4, -0.2) is 99.8 Å². The maximum Gasteiger partial charge on any atom is 0.407 e. The van der Waals surface area contributed by atoms with Crippen molar-refractivity contribution in [2.24, 2.45) is 0 Å². The fraction of sp³-hybridized carbons (Fsp3) is 0.463. The number of nitrogens with one attached hydrogen (secondary N) is 3. The third kappa shape index (κ3) is 9.10. The number of furan rings is 1. The number of piperidine rings is 2. The molecule has 6 heterocycles. The molecule has 0 aliphatic carbocycles. The summed E-state index contributed by atoms with van der Waals surface area (Å²) in [6, 6.07) is 15.0. The number of carboxylic acid groups (broad SMARTS) is 1. The molecule has 57 heavy (non-hydrogen) atoms. The third-order valence-electron chi connectivity index (χ3n) is 11.3. The highest BCUT2D eigenvalue weighted by atomic mass is 35.5. The molecule has 2 aromatic carbocycles. The quantitative estimate of drug-likeness (QED) is 0.112. The number of anilines is 2. The van der Waals surface area contributed by atoms with E-state index >= 15 is 0 Å². The molecule has 1 atom stereocenters. The van der Waals surface area contributed by atoms with Gasteiger partial charge in [0.05, 0.1) is 18.9 Å². The van der Waals surface area contributed by atoms with Gasteiger partial charge in [-0.1, -0.05) is 38.4 Å². The Morgan fingerprint density at radius 2 is 1.68 bits per heavy atom. The zero-order chi connectivity index (χ0) is 38.3. The van der Waals surface area contributed by atoms with Crippen molar-refractivity contribution in [2.75, 3.05) is 56.6 Å². The van der Waals surface area contributed by atoms with Gasteiger partial charge in [-0.2, -0.15) is 0 Å². The molecule has 0 bridgehead atoms. The molecule has 1 unspecified atom stereocenters. The van der Waals surface area contributed by atoms with Crippen molar-refractivity contribution in [2.45, 2.75) is 76.9 Å². The summed E-state index contributed by atoms with van der Waals surface area (Å²) in [6.45, 7) is 11.9. The maximum atomic E-state index is 14.0. The Morgan fingerprint density at radius 3 is 2.40 bits per heavy atom. The number of hydrogen-bond donors (Lipinski definition) is 4. The summed E-state index contributed by atoms with van der Waals surface area (Å²) in [5, 5.41) is 20.7. The molecule has 4 N–H and O–H groups in total. The van der Waals surface area contributed by atoms with Gasteiger partial charge in [0.25, 0.3) is 0 Å². The number of halogens is 2. The smallest absolute Gasteiger partial charge is 0.407 e. The number of likely N-dealkylation sites (tertiary alicyclic amines) is 2. The topological polar surface area (TPSA) is 169 Å². The van der Waals surface area contributed by atoms with Gasteiger partial charge in [0.2, 0.25) is 5.78 Å². The number of fused-ring (bicyclic) bond motifs is 2. The molecule has 306 valence electrons. The first-order chi connectivity index (χ1) is 26.5. The second-order valence-electron chi connectivity index (χ2n) is 16.0. The van der Waals surface area contributed by atoms with E-state index in [4.69, 9.17) is 13.7 Å². The summed E-state index contributed by atoms with van der Waals surface area (Å²) in [6.07, 6.45) is 4.12. The van der Waals surface area contributed by atoms with Gasteiger partial charge in [-0.15, -0.1) is 24.8 Å². The number of morpholine rings is 1. The second-order valence-corrected chi connectivity index (χ2v) is 16.0. The third-order valence-corrected chi connectivity index (χ3v) is 11.3. The van der Waals surface area contributed by atoms with Gasteiger partial charge in [0.15, 0.2) is 11.6 Å². The largest absolute Gasteiger partial charge is 0.465 e. The van der Waals surface area contributed by atoms with E-state index in [1.807, 2.05) is 26.8 Å². The molecular weight excluding hydrogens is 773 g/mol. The SMILES string of the molecule is CC(C)(C)c1cc(NC(=O)Nc2ccc3oc(C(=O)c4cc5c(CN6CCOCC6)c(C6CCCCN6C6CCN(C(=O)O)CC6)ccc5[nH]4)cc3c2)no1.Cl.Cl. The molecule has 3 aliphatic heterocycles.